The highest BCUT2D eigenvalue weighted by Crippen LogP contribution is 2.44. The number of ether oxygens (including phenoxy) is 1. The van der Waals surface area contributed by atoms with Gasteiger partial charge in [-0.1, -0.05) is 15.9 Å². The Morgan fingerprint density at radius 2 is 2.30 bits per heavy atom. The SMILES string of the molecule is CC1(O)COc2ccc(Br)cc2-c2nc(C(=O)O)sc21. The van der Waals surface area contributed by atoms with E-state index in [2.05, 4.69) is 20.9 Å². The predicted molar refractivity (Wildman–Crippen MR) is 77.3 cm³/mol. The van der Waals surface area contributed by atoms with E-state index in [1.807, 2.05) is 6.07 Å². The molecule has 2 heterocycles. The zero-order valence-electron chi connectivity index (χ0n) is 10.4. The van der Waals surface area contributed by atoms with Crippen LogP contribution < -0.4 is 4.74 Å². The number of rotatable bonds is 1. The maximum absolute atomic E-state index is 11.1. The molecule has 0 spiro atoms. The standard InChI is InChI=1S/C13H10BrNO4S/c1-13(18)5-19-8-3-2-6(14)4-7(8)9-10(13)20-11(15-9)12(16)17/h2-4,18H,5H2,1H3,(H,16,17). The molecular weight excluding hydrogens is 346 g/mol. The Hall–Kier alpha value is -1.44. The number of carboxylic acid groups (broad SMARTS) is 1. The van der Waals surface area contributed by atoms with Gasteiger partial charge in [0.2, 0.25) is 5.01 Å². The minimum Gasteiger partial charge on any atom is -0.489 e. The van der Waals surface area contributed by atoms with Gasteiger partial charge in [-0.05, 0) is 25.1 Å². The van der Waals surface area contributed by atoms with E-state index in [9.17, 15) is 9.90 Å². The van der Waals surface area contributed by atoms with Gasteiger partial charge in [-0.15, -0.1) is 11.3 Å². The van der Waals surface area contributed by atoms with Crippen molar-refractivity contribution in [2.75, 3.05) is 6.61 Å². The molecule has 0 fully saturated rings. The topological polar surface area (TPSA) is 79.7 Å². The Morgan fingerprint density at radius 3 is 3.00 bits per heavy atom. The number of hydrogen-bond acceptors (Lipinski definition) is 5. The monoisotopic (exact) mass is 355 g/mol. The van der Waals surface area contributed by atoms with E-state index in [4.69, 9.17) is 9.84 Å². The first-order valence-corrected chi connectivity index (χ1v) is 7.39. The van der Waals surface area contributed by atoms with Gasteiger partial charge in [0.05, 0.1) is 10.6 Å². The normalized spacial score (nSPS) is 20.6. The summed E-state index contributed by atoms with van der Waals surface area (Å²) in [5.41, 5.74) is -0.131. The van der Waals surface area contributed by atoms with E-state index in [1.165, 1.54) is 0 Å². The maximum atomic E-state index is 11.1. The van der Waals surface area contributed by atoms with Gasteiger partial charge in [0.15, 0.2) is 0 Å². The number of benzene rings is 1. The third-order valence-corrected chi connectivity index (χ3v) is 4.79. The van der Waals surface area contributed by atoms with Crippen molar-refractivity contribution in [3.63, 3.8) is 0 Å². The van der Waals surface area contributed by atoms with Crippen LogP contribution in [0.2, 0.25) is 0 Å². The summed E-state index contributed by atoms with van der Waals surface area (Å²) in [7, 11) is 0. The summed E-state index contributed by atoms with van der Waals surface area (Å²) in [6.45, 7) is 1.65. The highest BCUT2D eigenvalue weighted by Gasteiger charge is 2.36. The Labute approximate surface area is 127 Å². The van der Waals surface area contributed by atoms with Crippen molar-refractivity contribution in [2.24, 2.45) is 0 Å². The van der Waals surface area contributed by atoms with Crippen LogP contribution in [0.15, 0.2) is 22.7 Å². The average molecular weight is 356 g/mol. The van der Waals surface area contributed by atoms with Gasteiger partial charge < -0.3 is 14.9 Å². The molecule has 0 amide bonds. The summed E-state index contributed by atoms with van der Waals surface area (Å²) in [4.78, 5) is 15.8. The third kappa shape index (κ3) is 2.11. The minimum absolute atomic E-state index is 0.0388. The molecule has 1 aromatic carbocycles. The molecule has 2 aromatic rings. The molecular formula is C13H10BrNO4S. The Morgan fingerprint density at radius 1 is 1.55 bits per heavy atom. The lowest BCUT2D eigenvalue weighted by molar-refractivity contribution is 0.0132. The van der Waals surface area contributed by atoms with Gasteiger partial charge >= 0.3 is 5.97 Å². The quantitative estimate of drug-likeness (QED) is 0.821. The molecule has 2 N–H and O–H groups in total. The number of fused-ring (bicyclic) bond motifs is 3. The molecule has 1 atom stereocenters. The lowest BCUT2D eigenvalue weighted by Gasteiger charge is -2.19. The van der Waals surface area contributed by atoms with Crippen LogP contribution in [0.4, 0.5) is 0 Å². The van der Waals surface area contributed by atoms with E-state index < -0.39 is 11.6 Å². The van der Waals surface area contributed by atoms with E-state index in [0.717, 1.165) is 15.8 Å². The van der Waals surface area contributed by atoms with Crippen LogP contribution in [0, 0.1) is 0 Å². The number of carbonyl (C=O) groups is 1. The lowest BCUT2D eigenvalue weighted by atomic mass is 10.0. The lowest BCUT2D eigenvalue weighted by Crippen LogP contribution is -2.27. The second-order valence-electron chi connectivity index (χ2n) is 4.70. The predicted octanol–water partition coefficient (Wildman–Crippen LogP) is 2.87. The molecule has 3 rings (SSSR count). The summed E-state index contributed by atoms with van der Waals surface area (Å²) < 4.78 is 6.44. The molecule has 1 unspecified atom stereocenters. The molecule has 1 aromatic heterocycles. The number of aliphatic hydroxyl groups is 1. The van der Waals surface area contributed by atoms with E-state index in [1.54, 1.807) is 19.1 Å². The highest BCUT2D eigenvalue weighted by atomic mass is 79.9. The zero-order valence-corrected chi connectivity index (χ0v) is 12.8. The molecule has 20 heavy (non-hydrogen) atoms. The van der Waals surface area contributed by atoms with Gasteiger partial charge in [0.1, 0.15) is 18.0 Å². The van der Waals surface area contributed by atoms with Crippen LogP contribution in [0.25, 0.3) is 11.3 Å². The van der Waals surface area contributed by atoms with Crippen LogP contribution in [0.5, 0.6) is 5.75 Å². The van der Waals surface area contributed by atoms with Crippen LogP contribution in [0.3, 0.4) is 0 Å². The number of halogens is 1. The van der Waals surface area contributed by atoms with Crippen LogP contribution in [-0.4, -0.2) is 27.8 Å². The highest BCUT2D eigenvalue weighted by molar-refractivity contribution is 9.10. The van der Waals surface area contributed by atoms with Crippen LogP contribution in [-0.2, 0) is 5.60 Å². The van der Waals surface area contributed by atoms with Crippen LogP contribution >= 0.6 is 27.3 Å². The van der Waals surface area contributed by atoms with Gasteiger partial charge in [-0.2, -0.15) is 0 Å². The fourth-order valence-electron chi connectivity index (χ4n) is 2.06. The average Bonchev–Trinajstić information content (AvgIpc) is 2.79. The number of nitrogens with zero attached hydrogens (tertiary/aromatic N) is 1. The molecule has 0 aliphatic carbocycles. The zero-order chi connectivity index (χ0) is 14.5. The van der Waals surface area contributed by atoms with Crippen molar-refractivity contribution in [1.29, 1.82) is 0 Å². The molecule has 0 radical (unpaired) electrons. The van der Waals surface area contributed by atoms with Gasteiger partial charge in [0, 0.05) is 10.0 Å². The minimum atomic E-state index is -1.27. The number of hydrogen-bond donors (Lipinski definition) is 2. The summed E-state index contributed by atoms with van der Waals surface area (Å²) in [5, 5.41) is 19.5. The van der Waals surface area contributed by atoms with Crippen molar-refractivity contribution in [3.8, 4) is 17.0 Å². The molecule has 0 bridgehead atoms. The molecule has 0 saturated heterocycles. The van der Waals surface area contributed by atoms with Crippen molar-refractivity contribution in [3.05, 3.63) is 32.6 Å². The third-order valence-electron chi connectivity index (χ3n) is 3.00. The number of aromatic carboxylic acids is 1. The summed E-state index contributed by atoms with van der Waals surface area (Å²) in [5.74, 6) is -0.522. The number of thiazole rings is 1. The van der Waals surface area contributed by atoms with E-state index in [0.29, 0.717) is 21.9 Å². The second-order valence-corrected chi connectivity index (χ2v) is 6.62. The first-order chi connectivity index (χ1) is 9.38. The van der Waals surface area contributed by atoms with Gasteiger partial charge in [-0.3, -0.25) is 0 Å². The second kappa shape index (κ2) is 4.54. The van der Waals surface area contributed by atoms with Crippen LogP contribution in [0.1, 0.15) is 21.6 Å². The molecule has 1 aliphatic heterocycles. The Bertz CT molecular complexity index is 710. The number of aromatic nitrogens is 1. The summed E-state index contributed by atoms with van der Waals surface area (Å²) >= 11 is 4.35. The maximum Gasteiger partial charge on any atom is 0.365 e. The molecule has 5 nitrogen and oxygen atoms in total. The molecule has 0 saturated carbocycles. The van der Waals surface area contributed by atoms with Crippen molar-refractivity contribution < 1.29 is 19.7 Å². The first-order valence-electron chi connectivity index (χ1n) is 5.78. The van der Waals surface area contributed by atoms with Gasteiger partial charge in [-0.25, -0.2) is 9.78 Å². The largest absolute Gasteiger partial charge is 0.489 e. The summed E-state index contributed by atoms with van der Waals surface area (Å²) in [6.07, 6.45) is 0. The van der Waals surface area contributed by atoms with Crippen molar-refractivity contribution in [1.82, 2.24) is 4.98 Å². The van der Waals surface area contributed by atoms with Gasteiger partial charge in [0.25, 0.3) is 0 Å². The fraction of sp³-hybridized carbons (Fsp3) is 0.231. The smallest absolute Gasteiger partial charge is 0.365 e. The summed E-state index contributed by atoms with van der Waals surface area (Å²) in [6, 6.07) is 5.40. The van der Waals surface area contributed by atoms with E-state index in [-0.39, 0.29) is 11.6 Å². The Kier molecular flexibility index (Phi) is 3.07. The molecule has 7 heteroatoms. The fourth-order valence-corrected chi connectivity index (χ4v) is 3.37. The first kappa shape index (κ1) is 13.5. The van der Waals surface area contributed by atoms with E-state index >= 15 is 0 Å². The Balaban J connectivity index is 2.30. The molecule has 104 valence electrons. The van der Waals surface area contributed by atoms with Crippen molar-refractivity contribution >= 4 is 33.2 Å². The number of carboxylic acids is 1. The molecule has 1 aliphatic rings. The van der Waals surface area contributed by atoms with Crippen molar-refractivity contribution in [2.45, 2.75) is 12.5 Å².